The second-order valence-electron chi connectivity index (χ2n) is 4.47. The van der Waals surface area contributed by atoms with E-state index in [4.69, 9.17) is 0 Å². The molecule has 1 unspecified atom stereocenters. The largest absolute Gasteiger partial charge is 0.335 e. The van der Waals surface area contributed by atoms with Crippen molar-refractivity contribution in [3.8, 4) is 0 Å². The van der Waals surface area contributed by atoms with Gasteiger partial charge in [0.25, 0.3) is 5.91 Å². The van der Waals surface area contributed by atoms with Crippen molar-refractivity contribution in [3.63, 3.8) is 0 Å². The molecule has 0 aliphatic heterocycles. The first-order valence-corrected chi connectivity index (χ1v) is 6.92. The number of pyridine rings is 1. The molecule has 0 saturated heterocycles. The maximum absolute atomic E-state index is 13.5. The van der Waals surface area contributed by atoms with Crippen molar-refractivity contribution in [1.82, 2.24) is 9.88 Å². The highest BCUT2D eigenvalue weighted by Crippen LogP contribution is 2.25. The van der Waals surface area contributed by atoms with E-state index in [1.54, 1.807) is 30.4 Å². The van der Waals surface area contributed by atoms with Crippen LogP contribution in [0.1, 0.15) is 28.9 Å². The quantitative estimate of drug-likeness (QED) is 0.853. The second-order valence-corrected chi connectivity index (χ2v) is 5.27. The van der Waals surface area contributed by atoms with Gasteiger partial charge in [0.15, 0.2) is 0 Å². The molecule has 1 aromatic carbocycles. The van der Waals surface area contributed by atoms with E-state index in [0.717, 1.165) is 5.56 Å². The molecule has 1 atom stereocenters. The fourth-order valence-electron chi connectivity index (χ4n) is 1.90. The average Bonchev–Trinajstić information content (AvgIpc) is 2.48. The minimum absolute atomic E-state index is 0.124. The summed E-state index contributed by atoms with van der Waals surface area (Å²) < 4.78 is 13.7. The van der Waals surface area contributed by atoms with E-state index < -0.39 is 5.82 Å². The summed E-state index contributed by atoms with van der Waals surface area (Å²) in [6.45, 7) is 1.92. The Kier molecular flexibility index (Phi) is 4.49. The molecule has 1 heterocycles. The van der Waals surface area contributed by atoms with Gasteiger partial charge in [-0.15, -0.1) is 0 Å². The number of hydrogen-bond donors (Lipinski definition) is 0. The molecular weight excluding hydrogens is 323 g/mol. The smallest absolute Gasteiger partial charge is 0.255 e. The normalized spacial score (nSPS) is 12.0. The summed E-state index contributed by atoms with van der Waals surface area (Å²) in [5.74, 6) is -0.679. The summed E-state index contributed by atoms with van der Waals surface area (Å²) in [7, 11) is 1.70. The van der Waals surface area contributed by atoms with E-state index >= 15 is 0 Å². The lowest BCUT2D eigenvalue weighted by molar-refractivity contribution is 0.0741. The van der Waals surface area contributed by atoms with Crippen LogP contribution in [0.3, 0.4) is 0 Å². The summed E-state index contributed by atoms with van der Waals surface area (Å²) in [6, 6.07) is 8.03. The molecule has 1 aromatic heterocycles. The highest BCUT2D eigenvalue weighted by Gasteiger charge is 2.21. The van der Waals surface area contributed by atoms with Gasteiger partial charge in [0.2, 0.25) is 0 Å². The van der Waals surface area contributed by atoms with Gasteiger partial charge in [-0.1, -0.05) is 6.07 Å². The zero-order valence-corrected chi connectivity index (χ0v) is 12.8. The summed E-state index contributed by atoms with van der Waals surface area (Å²) in [5.41, 5.74) is 1.29. The molecule has 104 valence electrons. The van der Waals surface area contributed by atoms with E-state index in [0.29, 0.717) is 5.56 Å². The van der Waals surface area contributed by atoms with Crippen molar-refractivity contribution in [3.05, 3.63) is 64.1 Å². The predicted molar refractivity (Wildman–Crippen MR) is 78.8 cm³/mol. The van der Waals surface area contributed by atoms with Crippen LogP contribution in [0.15, 0.2) is 47.2 Å². The van der Waals surface area contributed by atoms with Crippen LogP contribution in [0.4, 0.5) is 4.39 Å². The second kappa shape index (κ2) is 6.13. The highest BCUT2D eigenvalue weighted by molar-refractivity contribution is 9.10. The van der Waals surface area contributed by atoms with Gasteiger partial charge in [0.1, 0.15) is 5.82 Å². The monoisotopic (exact) mass is 336 g/mol. The first-order valence-electron chi connectivity index (χ1n) is 6.13. The number of aromatic nitrogens is 1. The van der Waals surface area contributed by atoms with E-state index in [9.17, 15) is 9.18 Å². The number of benzene rings is 1. The predicted octanol–water partition coefficient (Wildman–Crippen LogP) is 3.82. The number of nitrogens with zero attached hydrogens (tertiary/aromatic N) is 2. The van der Waals surface area contributed by atoms with Crippen LogP contribution in [0, 0.1) is 5.82 Å². The number of hydrogen-bond acceptors (Lipinski definition) is 2. The van der Waals surface area contributed by atoms with Crippen molar-refractivity contribution in [1.29, 1.82) is 0 Å². The van der Waals surface area contributed by atoms with E-state index in [-0.39, 0.29) is 16.4 Å². The third-order valence-electron chi connectivity index (χ3n) is 3.27. The molecule has 0 bridgehead atoms. The number of carbonyl (C=O) groups excluding carboxylic acids is 1. The SMILES string of the molecule is CC(c1ccncc1)N(C)C(=O)c1cccc(F)c1Br. The number of amides is 1. The van der Waals surface area contributed by atoms with Crippen LogP contribution in [-0.4, -0.2) is 22.8 Å². The fourth-order valence-corrected chi connectivity index (χ4v) is 2.33. The van der Waals surface area contributed by atoms with Crippen molar-refractivity contribution >= 4 is 21.8 Å². The zero-order chi connectivity index (χ0) is 14.7. The van der Waals surface area contributed by atoms with Crippen molar-refractivity contribution < 1.29 is 9.18 Å². The molecule has 0 aliphatic carbocycles. The Hall–Kier alpha value is -1.75. The minimum atomic E-state index is -0.444. The Balaban J connectivity index is 2.27. The van der Waals surface area contributed by atoms with Crippen LogP contribution < -0.4 is 0 Å². The van der Waals surface area contributed by atoms with Gasteiger partial charge < -0.3 is 4.90 Å². The first kappa shape index (κ1) is 14.7. The molecule has 0 aliphatic rings. The number of carbonyl (C=O) groups is 1. The number of rotatable bonds is 3. The van der Waals surface area contributed by atoms with Crippen LogP contribution in [-0.2, 0) is 0 Å². The molecule has 5 heteroatoms. The van der Waals surface area contributed by atoms with E-state index in [2.05, 4.69) is 20.9 Å². The zero-order valence-electron chi connectivity index (χ0n) is 11.2. The molecule has 3 nitrogen and oxygen atoms in total. The Morgan fingerprint density at radius 2 is 1.95 bits per heavy atom. The third kappa shape index (κ3) is 2.88. The molecule has 2 rings (SSSR count). The van der Waals surface area contributed by atoms with Crippen molar-refractivity contribution in [2.45, 2.75) is 13.0 Å². The third-order valence-corrected chi connectivity index (χ3v) is 4.08. The Labute approximate surface area is 125 Å². The molecule has 0 saturated carbocycles. The Bertz CT molecular complexity index is 619. The lowest BCUT2D eigenvalue weighted by atomic mass is 10.1. The number of halogens is 2. The van der Waals surface area contributed by atoms with Gasteiger partial charge in [0, 0.05) is 19.4 Å². The molecule has 20 heavy (non-hydrogen) atoms. The van der Waals surface area contributed by atoms with Gasteiger partial charge in [0.05, 0.1) is 16.1 Å². The summed E-state index contributed by atoms with van der Waals surface area (Å²) in [5, 5.41) is 0. The van der Waals surface area contributed by atoms with Gasteiger partial charge in [-0.25, -0.2) is 4.39 Å². The fraction of sp³-hybridized carbons (Fsp3) is 0.200. The van der Waals surface area contributed by atoms with Gasteiger partial charge in [-0.3, -0.25) is 9.78 Å². The van der Waals surface area contributed by atoms with Gasteiger partial charge >= 0.3 is 0 Å². The summed E-state index contributed by atoms with van der Waals surface area (Å²) >= 11 is 3.12. The first-order chi connectivity index (χ1) is 9.52. The Morgan fingerprint density at radius 1 is 1.30 bits per heavy atom. The lowest BCUT2D eigenvalue weighted by Gasteiger charge is -2.25. The average molecular weight is 337 g/mol. The lowest BCUT2D eigenvalue weighted by Crippen LogP contribution is -2.30. The molecule has 1 amide bonds. The topological polar surface area (TPSA) is 33.2 Å². The molecule has 0 N–H and O–H groups in total. The van der Waals surface area contributed by atoms with Crippen molar-refractivity contribution in [2.75, 3.05) is 7.05 Å². The summed E-state index contributed by atoms with van der Waals surface area (Å²) in [4.78, 5) is 18.0. The molecule has 2 aromatic rings. The summed E-state index contributed by atoms with van der Waals surface area (Å²) in [6.07, 6.45) is 3.37. The van der Waals surface area contributed by atoms with Crippen LogP contribution in [0.2, 0.25) is 0 Å². The van der Waals surface area contributed by atoms with Crippen LogP contribution in [0.25, 0.3) is 0 Å². The maximum Gasteiger partial charge on any atom is 0.255 e. The molecule has 0 fully saturated rings. The van der Waals surface area contributed by atoms with Gasteiger partial charge in [-0.05, 0) is 52.7 Å². The highest BCUT2D eigenvalue weighted by atomic mass is 79.9. The Morgan fingerprint density at radius 3 is 2.60 bits per heavy atom. The minimum Gasteiger partial charge on any atom is -0.335 e. The maximum atomic E-state index is 13.5. The van der Waals surface area contributed by atoms with Crippen LogP contribution in [0.5, 0.6) is 0 Å². The van der Waals surface area contributed by atoms with Crippen molar-refractivity contribution in [2.24, 2.45) is 0 Å². The van der Waals surface area contributed by atoms with Gasteiger partial charge in [-0.2, -0.15) is 0 Å². The molecule has 0 radical (unpaired) electrons. The van der Waals surface area contributed by atoms with E-state index in [1.165, 1.54) is 12.1 Å². The molecule has 0 spiro atoms. The standard InChI is InChI=1S/C15H14BrFN2O/c1-10(11-6-8-18-9-7-11)19(2)15(20)12-4-3-5-13(17)14(12)16/h3-10H,1-2H3. The molecular formula is C15H14BrFN2O. The van der Waals surface area contributed by atoms with Crippen LogP contribution >= 0.6 is 15.9 Å². The van der Waals surface area contributed by atoms with E-state index in [1.807, 2.05) is 19.1 Å².